The van der Waals surface area contributed by atoms with Crippen LogP contribution in [-0.2, 0) is 17.9 Å². The first-order valence-corrected chi connectivity index (χ1v) is 7.53. The number of carbonyl (C=O) groups excluding carboxylic acids is 1. The molecule has 1 aromatic carbocycles. The van der Waals surface area contributed by atoms with Crippen LogP contribution in [0.15, 0.2) is 24.3 Å². The van der Waals surface area contributed by atoms with E-state index in [1.54, 1.807) is 0 Å². The van der Waals surface area contributed by atoms with Crippen LogP contribution in [0.3, 0.4) is 0 Å². The fourth-order valence-corrected chi connectivity index (χ4v) is 1.95. The number of hydrogen-bond donors (Lipinski definition) is 2. The van der Waals surface area contributed by atoms with E-state index in [0.29, 0.717) is 6.54 Å². The third-order valence-corrected chi connectivity index (χ3v) is 3.67. The molecule has 134 valence electrons. The summed E-state index contributed by atoms with van der Waals surface area (Å²) < 4.78 is 0. The summed E-state index contributed by atoms with van der Waals surface area (Å²) in [6.07, 6.45) is 0. The first kappa shape index (κ1) is 24.4. The summed E-state index contributed by atoms with van der Waals surface area (Å²) in [4.78, 5) is 14.3. The Hall–Kier alpha value is -0.810. The quantitative estimate of drug-likeness (QED) is 0.816. The summed E-state index contributed by atoms with van der Waals surface area (Å²) in [5.41, 5.74) is 8.09. The average molecular weight is 364 g/mol. The predicted octanol–water partition coefficient (Wildman–Crippen LogP) is 2.97. The van der Waals surface area contributed by atoms with Gasteiger partial charge in [-0.3, -0.25) is 4.79 Å². The van der Waals surface area contributed by atoms with Crippen molar-refractivity contribution >= 4 is 30.7 Å². The van der Waals surface area contributed by atoms with Crippen LogP contribution >= 0.6 is 24.8 Å². The Balaban J connectivity index is 0. The molecular formula is C17H31Cl2N3O. The van der Waals surface area contributed by atoms with Crippen molar-refractivity contribution < 1.29 is 4.79 Å². The number of nitrogens with one attached hydrogen (secondary N) is 1. The molecule has 0 fully saturated rings. The Morgan fingerprint density at radius 2 is 1.83 bits per heavy atom. The van der Waals surface area contributed by atoms with Crippen molar-refractivity contribution in [2.75, 3.05) is 13.6 Å². The highest BCUT2D eigenvalue weighted by Gasteiger charge is 2.27. The Morgan fingerprint density at radius 1 is 1.26 bits per heavy atom. The Kier molecular flexibility index (Phi) is 11.6. The molecule has 1 atom stereocenters. The molecule has 4 nitrogen and oxygen atoms in total. The van der Waals surface area contributed by atoms with E-state index in [9.17, 15) is 4.79 Å². The summed E-state index contributed by atoms with van der Waals surface area (Å²) in [5.74, 6) is -0.0985. The first-order valence-electron chi connectivity index (χ1n) is 7.53. The van der Waals surface area contributed by atoms with Gasteiger partial charge in [-0.25, -0.2) is 0 Å². The van der Waals surface area contributed by atoms with Gasteiger partial charge in [-0.2, -0.15) is 0 Å². The molecule has 0 bridgehead atoms. The Labute approximate surface area is 153 Å². The maximum Gasteiger partial charge on any atom is 0.237 e. The standard InChI is InChI=1S/C17H29N3O.2ClH/c1-6-20(5)12-14-9-7-8-13(10-14)11-19-16(21)15(18)17(2,3)4;;/h7-10,15H,6,11-12,18H2,1-5H3,(H,19,21);2*1H/t15-;;/m1../s1. The second kappa shape index (κ2) is 10.9. The van der Waals surface area contributed by atoms with Gasteiger partial charge in [0.2, 0.25) is 5.91 Å². The van der Waals surface area contributed by atoms with Gasteiger partial charge in [-0.15, -0.1) is 24.8 Å². The molecule has 0 spiro atoms. The van der Waals surface area contributed by atoms with Crippen molar-refractivity contribution in [3.63, 3.8) is 0 Å². The van der Waals surface area contributed by atoms with Gasteiger partial charge in [-0.05, 0) is 30.1 Å². The zero-order valence-electron chi connectivity index (χ0n) is 14.8. The number of hydrogen-bond acceptors (Lipinski definition) is 3. The first-order chi connectivity index (χ1) is 9.74. The van der Waals surface area contributed by atoms with E-state index in [2.05, 4.69) is 36.3 Å². The number of nitrogens with two attached hydrogens (primary N) is 1. The van der Waals surface area contributed by atoms with E-state index >= 15 is 0 Å². The van der Waals surface area contributed by atoms with E-state index in [0.717, 1.165) is 18.7 Å². The molecule has 0 aliphatic carbocycles. The van der Waals surface area contributed by atoms with E-state index < -0.39 is 6.04 Å². The summed E-state index contributed by atoms with van der Waals surface area (Å²) in [5, 5.41) is 2.92. The molecule has 0 saturated carbocycles. The maximum atomic E-state index is 12.0. The van der Waals surface area contributed by atoms with Crippen molar-refractivity contribution in [1.82, 2.24) is 10.2 Å². The van der Waals surface area contributed by atoms with Crippen molar-refractivity contribution in [2.45, 2.75) is 46.8 Å². The second-order valence-corrected chi connectivity index (χ2v) is 6.71. The fraction of sp³-hybridized carbons (Fsp3) is 0.588. The minimum Gasteiger partial charge on any atom is -0.351 e. The molecular weight excluding hydrogens is 333 g/mol. The number of amides is 1. The number of benzene rings is 1. The van der Waals surface area contributed by atoms with E-state index in [1.807, 2.05) is 32.9 Å². The van der Waals surface area contributed by atoms with Gasteiger partial charge >= 0.3 is 0 Å². The number of nitrogens with zero attached hydrogens (tertiary/aromatic N) is 1. The number of halogens is 2. The van der Waals surface area contributed by atoms with Gasteiger partial charge < -0.3 is 16.0 Å². The minimum atomic E-state index is -0.494. The maximum absolute atomic E-state index is 12.0. The molecule has 0 radical (unpaired) electrons. The Morgan fingerprint density at radius 3 is 2.35 bits per heavy atom. The summed E-state index contributed by atoms with van der Waals surface area (Å²) in [6.45, 7) is 10.5. The van der Waals surface area contributed by atoms with Gasteiger partial charge in [0.15, 0.2) is 0 Å². The molecule has 1 aromatic rings. The third-order valence-electron chi connectivity index (χ3n) is 3.67. The van der Waals surface area contributed by atoms with Gasteiger partial charge in [-0.1, -0.05) is 52.0 Å². The monoisotopic (exact) mass is 363 g/mol. The molecule has 23 heavy (non-hydrogen) atoms. The average Bonchev–Trinajstić information content (AvgIpc) is 2.43. The van der Waals surface area contributed by atoms with Gasteiger partial charge in [0.25, 0.3) is 0 Å². The molecule has 0 saturated heterocycles. The number of carbonyl (C=O) groups is 1. The van der Waals surface area contributed by atoms with Crippen molar-refractivity contribution in [2.24, 2.45) is 11.1 Å². The van der Waals surface area contributed by atoms with E-state index in [-0.39, 0.29) is 36.1 Å². The predicted molar refractivity (Wildman–Crippen MR) is 102 cm³/mol. The van der Waals surface area contributed by atoms with Crippen molar-refractivity contribution in [3.05, 3.63) is 35.4 Å². The molecule has 6 heteroatoms. The van der Waals surface area contributed by atoms with Gasteiger partial charge in [0.1, 0.15) is 0 Å². The lowest BCUT2D eigenvalue weighted by atomic mass is 9.87. The zero-order valence-corrected chi connectivity index (χ0v) is 16.4. The van der Waals surface area contributed by atoms with Crippen LogP contribution < -0.4 is 11.1 Å². The van der Waals surface area contributed by atoms with Gasteiger partial charge in [0.05, 0.1) is 6.04 Å². The molecule has 3 N–H and O–H groups in total. The Bertz CT molecular complexity index is 475. The second-order valence-electron chi connectivity index (χ2n) is 6.71. The summed E-state index contributed by atoms with van der Waals surface area (Å²) in [7, 11) is 2.09. The number of rotatable bonds is 6. The molecule has 0 aliphatic heterocycles. The molecule has 1 rings (SSSR count). The molecule has 0 aliphatic rings. The highest BCUT2D eigenvalue weighted by atomic mass is 35.5. The van der Waals surface area contributed by atoms with Crippen LogP contribution in [-0.4, -0.2) is 30.4 Å². The van der Waals surface area contributed by atoms with Crippen LogP contribution in [0, 0.1) is 5.41 Å². The molecule has 0 heterocycles. The van der Waals surface area contributed by atoms with Crippen LogP contribution in [0.2, 0.25) is 0 Å². The largest absolute Gasteiger partial charge is 0.351 e. The normalized spacial score (nSPS) is 12.1. The van der Waals surface area contributed by atoms with E-state index in [1.165, 1.54) is 5.56 Å². The summed E-state index contributed by atoms with van der Waals surface area (Å²) >= 11 is 0. The topological polar surface area (TPSA) is 58.4 Å². The lowest BCUT2D eigenvalue weighted by Gasteiger charge is -2.25. The van der Waals surface area contributed by atoms with Crippen LogP contribution in [0.5, 0.6) is 0 Å². The fourth-order valence-electron chi connectivity index (χ4n) is 1.95. The lowest BCUT2D eigenvalue weighted by molar-refractivity contribution is -0.124. The van der Waals surface area contributed by atoms with Crippen LogP contribution in [0.4, 0.5) is 0 Å². The summed E-state index contributed by atoms with van der Waals surface area (Å²) in [6, 6.07) is 7.81. The molecule has 0 aromatic heterocycles. The highest BCUT2D eigenvalue weighted by molar-refractivity contribution is 5.85. The lowest BCUT2D eigenvalue weighted by Crippen LogP contribution is -2.48. The zero-order chi connectivity index (χ0) is 16.0. The molecule has 1 amide bonds. The van der Waals surface area contributed by atoms with Gasteiger partial charge in [0, 0.05) is 13.1 Å². The van der Waals surface area contributed by atoms with Crippen LogP contribution in [0.1, 0.15) is 38.8 Å². The smallest absolute Gasteiger partial charge is 0.237 e. The minimum absolute atomic E-state index is 0. The third kappa shape index (κ3) is 8.56. The highest BCUT2D eigenvalue weighted by Crippen LogP contribution is 2.17. The van der Waals surface area contributed by atoms with Crippen molar-refractivity contribution in [3.8, 4) is 0 Å². The SMILES string of the molecule is CCN(C)Cc1cccc(CNC(=O)[C@@H](N)C(C)(C)C)c1.Cl.Cl. The van der Waals surface area contributed by atoms with E-state index in [4.69, 9.17) is 5.73 Å². The molecule has 0 unspecified atom stereocenters. The van der Waals surface area contributed by atoms with Crippen molar-refractivity contribution in [1.29, 1.82) is 0 Å². The van der Waals surface area contributed by atoms with Crippen LogP contribution in [0.25, 0.3) is 0 Å².